The molecule has 5 nitrogen and oxygen atoms in total. The fraction of sp³-hybridized carbons (Fsp3) is 0.294. The molecule has 2 amide bonds. The van der Waals surface area contributed by atoms with Crippen LogP contribution in [0.3, 0.4) is 0 Å². The number of carbonyl (C=O) groups is 1. The number of amides is 2. The largest absolute Gasteiger partial charge is 0.478 e. The second kappa shape index (κ2) is 9.00. The van der Waals surface area contributed by atoms with Gasteiger partial charge in [0.15, 0.2) is 0 Å². The van der Waals surface area contributed by atoms with E-state index in [9.17, 15) is 4.79 Å². The molecule has 0 radical (unpaired) electrons. The van der Waals surface area contributed by atoms with Crippen LogP contribution in [0.5, 0.6) is 5.88 Å². The third-order valence-corrected chi connectivity index (χ3v) is 3.47. The van der Waals surface area contributed by atoms with Crippen molar-refractivity contribution in [3.63, 3.8) is 0 Å². The SMILES string of the molecule is CCCOc1ccc(CNC(=O)NCc2ccccc2Cl)cn1. The lowest BCUT2D eigenvalue weighted by Crippen LogP contribution is -2.34. The Labute approximate surface area is 141 Å². The first-order chi connectivity index (χ1) is 11.2. The molecule has 0 fully saturated rings. The predicted molar refractivity (Wildman–Crippen MR) is 90.6 cm³/mol. The Hall–Kier alpha value is -2.27. The summed E-state index contributed by atoms with van der Waals surface area (Å²) in [6.45, 7) is 3.47. The van der Waals surface area contributed by atoms with Crippen LogP contribution in [0.25, 0.3) is 0 Å². The lowest BCUT2D eigenvalue weighted by Gasteiger charge is -2.09. The van der Waals surface area contributed by atoms with Crippen LogP contribution in [-0.2, 0) is 13.1 Å². The number of pyridine rings is 1. The number of hydrogen-bond acceptors (Lipinski definition) is 3. The third-order valence-electron chi connectivity index (χ3n) is 3.10. The van der Waals surface area contributed by atoms with E-state index in [4.69, 9.17) is 16.3 Å². The van der Waals surface area contributed by atoms with Gasteiger partial charge < -0.3 is 15.4 Å². The number of ether oxygens (including phenoxy) is 1. The summed E-state index contributed by atoms with van der Waals surface area (Å²) in [6, 6.07) is 10.8. The second-order valence-corrected chi connectivity index (χ2v) is 5.39. The highest BCUT2D eigenvalue weighted by Gasteiger charge is 2.04. The number of aromatic nitrogens is 1. The summed E-state index contributed by atoms with van der Waals surface area (Å²) < 4.78 is 5.41. The van der Waals surface area contributed by atoms with Gasteiger partial charge in [-0.05, 0) is 23.6 Å². The molecule has 0 spiro atoms. The van der Waals surface area contributed by atoms with Crippen molar-refractivity contribution in [2.75, 3.05) is 6.61 Å². The Morgan fingerprint density at radius 3 is 2.65 bits per heavy atom. The molecule has 2 rings (SSSR count). The number of hydrogen-bond donors (Lipinski definition) is 2. The van der Waals surface area contributed by atoms with Crippen LogP contribution in [0.15, 0.2) is 42.6 Å². The standard InChI is InChI=1S/C17H20ClN3O2/c1-2-9-23-16-8-7-13(10-19-16)11-20-17(22)21-12-14-5-3-4-6-15(14)18/h3-8,10H,2,9,11-12H2,1H3,(H2,20,21,22). The van der Waals surface area contributed by atoms with E-state index in [0.717, 1.165) is 17.5 Å². The molecule has 0 bridgehead atoms. The van der Waals surface area contributed by atoms with Gasteiger partial charge in [-0.25, -0.2) is 9.78 Å². The van der Waals surface area contributed by atoms with E-state index in [1.54, 1.807) is 18.3 Å². The van der Waals surface area contributed by atoms with Gasteiger partial charge in [-0.3, -0.25) is 0 Å². The average Bonchev–Trinajstić information content (AvgIpc) is 2.58. The highest BCUT2D eigenvalue weighted by atomic mass is 35.5. The molecule has 0 aliphatic carbocycles. The minimum absolute atomic E-state index is 0.253. The van der Waals surface area contributed by atoms with Crippen molar-refractivity contribution in [3.8, 4) is 5.88 Å². The zero-order chi connectivity index (χ0) is 16.5. The first-order valence-corrected chi connectivity index (χ1v) is 7.89. The van der Waals surface area contributed by atoms with Gasteiger partial charge in [0, 0.05) is 30.4 Å². The molecule has 0 aliphatic heterocycles. The maximum atomic E-state index is 11.8. The number of carbonyl (C=O) groups excluding carboxylic acids is 1. The van der Waals surface area contributed by atoms with Crippen LogP contribution in [-0.4, -0.2) is 17.6 Å². The molecule has 0 atom stereocenters. The first-order valence-electron chi connectivity index (χ1n) is 7.52. The summed E-state index contributed by atoms with van der Waals surface area (Å²) in [5.74, 6) is 0.596. The van der Waals surface area contributed by atoms with Gasteiger partial charge in [-0.1, -0.05) is 42.8 Å². The molecule has 2 aromatic rings. The zero-order valence-electron chi connectivity index (χ0n) is 13.0. The molecule has 1 aromatic heterocycles. The summed E-state index contributed by atoms with van der Waals surface area (Å²) in [5, 5.41) is 6.19. The van der Waals surface area contributed by atoms with E-state index in [1.165, 1.54) is 0 Å². The maximum Gasteiger partial charge on any atom is 0.315 e. The van der Waals surface area contributed by atoms with E-state index < -0.39 is 0 Å². The quantitative estimate of drug-likeness (QED) is 0.814. The first kappa shape index (κ1) is 17.1. The summed E-state index contributed by atoms with van der Waals surface area (Å²) in [4.78, 5) is 16.0. The van der Waals surface area contributed by atoms with Crippen molar-refractivity contribution in [3.05, 3.63) is 58.7 Å². The van der Waals surface area contributed by atoms with Crippen molar-refractivity contribution in [2.45, 2.75) is 26.4 Å². The summed E-state index contributed by atoms with van der Waals surface area (Å²) in [7, 11) is 0. The molecular weight excluding hydrogens is 314 g/mol. The number of rotatable bonds is 7. The molecule has 2 N–H and O–H groups in total. The van der Waals surface area contributed by atoms with Crippen LogP contribution in [0, 0.1) is 0 Å². The Balaban J connectivity index is 1.75. The molecule has 1 heterocycles. The fourth-order valence-electron chi connectivity index (χ4n) is 1.87. The predicted octanol–water partition coefficient (Wildman–Crippen LogP) is 3.52. The molecule has 0 saturated carbocycles. The zero-order valence-corrected chi connectivity index (χ0v) is 13.8. The Morgan fingerprint density at radius 2 is 1.96 bits per heavy atom. The molecule has 0 aliphatic rings. The highest BCUT2D eigenvalue weighted by molar-refractivity contribution is 6.31. The molecule has 122 valence electrons. The molecule has 0 saturated heterocycles. The Bertz CT molecular complexity index is 632. The summed E-state index contributed by atoms with van der Waals surface area (Å²) >= 11 is 6.04. The molecule has 6 heteroatoms. The van der Waals surface area contributed by atoms with Gasteiger partial charge >= 0.3 is 6.03 Å². The van der Waals surface area contributed by atoms with Crippen molar-refractivity contribution in [1.29, 1.82) is 0 Å². The highest BCUT2D eigenvalue weighted by Crippen LogP contribution is 2.14. The van der Waals surface area contributed by atoms with E-state index in [0.29, 0.717) is 30.6 Å². The topological polar surface area (TPSA) is 63.2 Å². The van der Waals surface area contributed by atoms with Gasteiger partial charge in [0.1, 0.15) is 0 Å². The van der Waals surface area contributed by atoms with Gasteiger partial charge in [0.25, 0.3) is 0 Å². The normalized spacial score (nSPS) is 10.2. The maximum absolute atomic E-state index is 11.8. The van der Waals surface area contributed by atoms with Crippen LogP contribution in [0.2, 0.25) is 5.02 Å². The fourth-order valence-corrected chi connectivity index (χ4v) is 2.07. The van der Waals surface area contributed by atoms with Gasteiger partial charge in [-0.2, -0.15) is 0 Å². The van der Waals surface area contributed by atoms with Gasteiger partial charge in [0.05, 0.1) is 6.61 Å². The monoisotopic (exact) mass is 333 g/mol. The molecular formula is C17H20ClN3O2. The van der Waals surface area contributed by atoms with Crippen LogP contribution < -0.4 is 15.4 Å². The number of benzene rings is 1. The lowest BCUT2D eigenvalue weighted by molar-refractivity contribution is 0.240. The van der Waals surface area contributed by atoms with Crippen LogP contribution in [0.1, 0.15) is 24.5 Å². The number of nitrogens with one attached hydrogen (secondary N) is 2. The van der Waals surface area contributed by atoms with Crippen molar-refractivity contribution in [1.82, 2.24) is 15.6 Å². The van der Waals surface area contributed by atoms with Crippen molar-refractivity contribution in [2.24, 2.45) is 0 Å². The molecule has 23 heavy (non-hydrogen) atoms. The van der Waals surface area contributed by atoms with E-state index >= 15 is 0 Å². The Morgan fingerprint density at radius 1 is 1.17 bits per heavy atom. The lowest BCUT2D eigenvalue weighted by atomic mass is 10.2. The van der Waals surface area contributed by atoms with E-state index in [1.807, 2.05) is 31.2 Å². The Kier molecular flexibility index (Phi) is 6.69. The van der Waals surface area contributed by atoms with Crippen LogP contribution in [0.4, 0.5) is 4.79 Å². The van der Waals surface area contributed by atoms with Gasteiger partial charge in [0.2, 0.25) is 5.88 Å². The summed E-state index contributed by atoms with van der Waals surface area (Å²) in [5.41, 5.74) is 1.78. The minimum atomic E-state index is -0.253. The number of halogens is 1. The third kappa shape index (κ3) is 5.79. The van der Waals surface area contributed by atoms with Crippen LogP contribution >= 0.6 is 11.6 Å². The van der Waals surface area contributed by atoms with Crippen molar-refractivity contribution >= 4 is 17.6 Å². The van der Waals surface area contributed by atoms with E-state index in [-0.39, 0.29) is 6.03 Å². The second-order valence-electron chi connectivity index (χ2n) is 4.98. The minimum Gasteiger partial charge on any atom is -0.478 e. The van der Waals surface area contributed by atoms with Gasteiger partial charge in [-0.15, -0.1) is 0 Å². The average molecular weight is 334 g/mol. The smallest absolute Gasteiger partial charge is 0.315 e. The molecule has 1 aromatic carbocycles. The summed E-state index contributed by atoms with van der Waals surface area (Å²) in [6.07, 6.45) is 2.63. The van der Waals surface area contributed by atoms with Crippen molar-refractivity contribution < 1.29 is 9.53 Å². The number of nitrogens with zero attached hydrogens (tertiary/aromatic N) is 1. The van der Waals surface area contributed by atoms with E-state index in [2.05, 4.69) is 15.6 Å². The number of urea groups is 1. The molecule has 0 unspecified atom stereocenters.